The Morgan fingerprint density at radius 3 is 2.46 bits per heavy atom. The van der Waals surface area contributed by atoms with Crippen molar-refractivity contribution in [3.8, 4) is 11.4 Å². The fourth-order valence-corrected chi connectivity index (χ4v) is 2.90. The van der Waals surface area contributed by atoms with Gasteiger partial charge < -0.3 is 9.31 Å². The zero-order valence-corrected chi connectivity index (χ0v) is 14.4. The summed E-state index contributed by atoms with van der Waals surface area (Å²) in [5.41, 5.74) is -0.175. The maximum atomic E-state index is 15.2. The standard InChI is InChI=1S/C17H21BFN3O2/c1-16(2)17(3,4)24-18(23-16)13-7-5-6-12(14(13)19)15-20-10-21-22(15)11-8-9-11/h5-7,10-11H,8-9H2,1-4H3. The van der Waals surface area contributed by atoms with Gasteiger partial charge in [0.25, 0.3) is 0 Å². The molecule has 0 bridgehead atoms. The Kier molecular flexibility index (Phi) is 3.38. The first-order chi connectivity index (χ1) is 11.3. The summed E-state index contributed by atoms with van der Waals surface area (Å²) in [4.78, 5) is 4.26. The number of nitrogens with zero attached hydrogens (tertiary/aromatic N) is 3. The summed E-state index contributed by atoms with van der Waals surface area (Å²) in [5, 5.41) is 4.25. The van der Waals surface area contributed by atoms with Crippen molar-refractivity contribution in [3.63, 3.8) is 0 Å². The van der Waals surface area contributed by atoms with Crippen LogP contribution in [0.15, 0.2) is 24.5 Å². The molecule has 0 atom stereocenters. The van der Waals surface area contributed by atoms with E-state index < -0.39 is 18.3 Å². The van der Waals surface area contributed by atoms with Crippen molar-refractivity contribution in [2.75, 3.05) is 0 Å². The highest BCUT2D eigenvalue weighted by Gasteiger charge is 2.52. The maximum absolute atomic E-state index is 15.2. The molecule has 1 aliphatic carbocycles. The zero-order valence-electron chi connectivity index (χ0n) is 14.4. The second-order valence-corrected chi connectivity index (χ2v) is 7.56. The normalized spacial score (nSPS) is 22.1. The molecule has 1 aliphatic heterocycles. The average Bonchev–Trinajstić information content (AvgIpc) is 3.18. The lowest BCUT2D eigenvalue weighted by molar-refractivity contribution is 0.00578. The van der Waals surface area contributed by atoms with E-state index in [1.165, 1.54) is 6.33 Å². The first-order valence-corrected chi connectivity index (χ1v) is 8.34. The van der Waals surface area contributed by atoms with E-state index in [0.29, 0.717) is 22.9 Å². The Morgan fingerprint density at radius 2 is 1.83 bits per heavy atom. The van der Waals surface area contributed by atoms with E-state index in [2.05, 4.69) is 10.1 Å². The predicted octanol–water partition coefficient (Wildman–Crippen LogP) is 2.72. The molecule has 126 valence electrons. The minimum atomic E-state index is -0.729. The molecule has 4 rings (SSSR count). The van der Waals surface area contributed by atoms with Crippen LogP contribution in [0.25, 0.3) is 11.4 Å². The number of hydrogen-bond donors (Lipinski definition) is 0. The van der Waals surface area contributed by atoms with Gasteiger partial charge in [-0.1, -0.05) is 12.1 Å². The molecule has 24 heavy (non-hydrogen) atoms. The second kappa shape index (κ2) is 5.13. The third-order valence-electron chi connectivity index (χ3n) is 5.24. The first kappa shape index (κ1) is 15.8. The van der Waals surface area contributed by atoms with E-state index in [9.17, 15) is 0 Å². The summed E-state index contributed by atoms with van der Waals surface area (Å²) in [6.07, 6.45) is 3.61. The molecule has 0 amide bonds. The van der Waals surface area contributed by atoms with Gasteiger partial charge in [-0.25, -0.2) is 14.1 Å². The molecule has 5 nitrogen and oxygen atoms in total. The van der Waals surface area contributed by atoms with E-state index in [1.807, 2.05) is 38.4 Å². The van der Waals surface area contributed by atoms with E-state index in [0.717, 1.165) is 12.8 Å². The molecule has 1 saturated carbocycles. The lowest BCUT2D eigenvalue weighted by Gasteiger charge is -2.32. The monoisotopic (exact) mass is 329 g/mol. The summed E-state index contributed by atoms with van der Waals surface area (Å²) in [6.45, 7) is 7.83. The van der Waals surface area contributed by atoms with Crippen LogP contribution in [0.4, 0.5) is 4.39 Å². The second-order valence-electron chi connectivity index (χ2n) is 7.56. The van der Waals surface area contributed by atoms with Crippen molar-refractivity contribution in [2.45, 2.75) is 57.8 Å². The smallest absolute Gasteiger partial charge is 0.399 e. The molecule has 2 aliphatic rings. The minimum absolute atomic E-state index is 0.336. The highest BCUT2D eigenvalue weighted by molar-refractivity contribution is 6.62. The van der Waals surface area contributed by atoms with Crippen molar-refractivity contribution < 1.29 is 13.7 Å². The van der Waals surface area contributed by atoms with E-state index in [1.54, 1.807) is 12.1 Å². The number of rotatable bonds is 3. The summed E-state index contributed by atoms with van der Waals surface area (Å²) in [7, 11) is -0.729. The average molecular weight is 329 g/mol. The van der Waals surface area contributed by atoms with Gasteiger partial charge in [-0.2, -0.15) is 5.10 Å². The highest BCUT2D eigenvalue weighted by Crippen LogP contribution is 2.38. The fraction of sp³-hybridized carbons (Fsp3) is 0.529. The van der Waals surface area contributed by atoms with Crippen LogP contribution in [0.5, 0.6) is 0 Å². The Bertz CT molecular complexity index is 770. The molecule has 7 heteroatoms. The molecule has 1 saturated heterocycles. The molecule has 0 N–H and O–H groups in total. The minimum Gasteiger partial charge on any atom is -0.399 e. The SMILES string of the molecule is CC1(C)OB(c2cccc(-c3ncnn3C3CC3)c2F)OC1(C)C. The van der Waals surface area contributed by atoms with Gasteiger partial charge in [0.15, 0.2) is 5.82 Å². The van der Waals surface area contributed by atoms with Crippen molar-refractivity contribution in [1.82, 2.24) is 14.8 Å². The van der Waals surface area contributed by atoms with Gasteiger partial charge in [0.2, 0.25) is 0 Å². The predicted molar refractivity (Wildman–Crippen MR) is 89.4 cm³/mol. The zero-order chi connectivity index (χ0) is 17.1. The van der Waals surface area contributed by atoms with Crippen molar-refractivity contribution >= 4 is 12.6 Å². The highest BCUT2D eigenvalue weighted by atomic mass is 19.1. The van der Waals surface area contributed by atoms with Gasteiger partial charge in [-0.15, -0.1) is 0 Å². The molecule has 0 spiro atoms. The summed E-state index contributed by atoms with van der Waals surface area (Å²) in [6, 6.07) is 5.58. The topological polar surface area (TPSA) is 49.2 Å². The van der Waals surface area contributed by atoms with Crippen molar-refractivity contribution in [3.05, 3.63) is 30.3 Å². The van der Waals surface area contributed by atoms with E-state index in [4.69, 9.17) is 9.31 Å². The Labute approximate surface area is 141 Å². The fourth-order valence-electron chi connectivity index (χ4n) is 2.90. The van der Waals surface area contributed by atoms with Gasteiger partial charge in [-0.05, 0) is 46.6 Å². The first-order valence-electron chi connectivity index (χ1n) is 8.34. The van der Waals surface area contributed by atoms with Crippen LogP contribution in [0.3, 0.4) is 0 Å². The Morgan fingerprint density at radius 1 is 1.17 bits per heavy atom. The molecule has 1 aromatic carbocycles. The van der Waals surface area contributed by atoms with Crippen LogP contribution < -0.4 is 5.46 Å². The molecular formula is C17H21BFN3O2. The van der Waals surface area contributed by atoms with Gasteiger partial charge in [0.1, 0.15) is 12.1 Å². The van der Waals surface area contributed by atoms with Crippen LogP contribution in [-0.2, 0) is 9.31 Å². The van der Waals surface area contributed by atoms with Crippen molar-refractivity contribution in [1.29, 1.82) is 0 Å². The van der Waals surface area contributed by atoms with Gasteiger partial charge >= 0.3 is 7.12 Å². The Balaban J connectivity index is 1.73. The summed E-state index contributed by atoms with van der Waals surface area (Å²) in [5.74, 6) is 0.208. The lowest BCUT2D eigenvalue weighted by Crippen LogP contribution is -2.41. The molecule has 2 fully saturated rings. The molecule has 2 aromatic rings. The van der Waals surface area contributed by atoms with E-state index >= 15 is 4.39 Å². The molecule has 2 heterocycles. The Hall–Kier alpha value is -1.73. The summed E-state index contributed by atoms with van der Waals surface area (Å²) < 4.78 is 29.0. The number of benzene rings is 1. The number of hydrogen-bond acceptors (Lipinski definition) is 4. The van der Waals surface area contributed by atoms with Gasteiger partial charge in [-0.3, -0.25) is 0 Å². The molecule has 0 radical (unpaired) electrons. The molecule has 1 aromatic heterocycles. The quantitative estimate of drug-likeness (QED) is 0.813. The van der Waals surface area contributed by atoms with Gasteiger partial charge in [0.05, 0.1) is 22.8 Å². The largest absolute Gasteiger partial charge is 0.497 e. The third kappa shape index (κ3) is 2.38. The third-order valence-corrected chi connectivity index (χ3v) is 5.24. The van der Waals surface area contributed by atoms with Gasteiger partial charge in [0, 0.05) is 5.46 Å². The molecular weight excluding hydrogens is 308 g/mol. The van der Waals surface area contributed by atoms with E-state index in [-0.39, 0.29) is 5.82 Å². The van der Waals surface area contributed by atoms with Crippen LogP contribution in [0.1, 0.15) is 46.6 Å². The van der Waals surface area contributed by atoms with Crippen LogP contribution in [0, 0.1) is 5.82 Å². The van der Waals surface area contributed by atoms with Crippen molar-refractivity contribution in [2.24, 2.45) is 0 Å². The maximum Gasteiger partial charge on any atom is 0.497 e. The van der Waals surface area contributed by atoms with Crippen LogP contribution in [0.2, 0.25) is 0 Å². The lowest BCUT2D eigenvalue weighted by atomic mass is 9.77. The molecule has 0 unspecified atom stereocenters. The number of halogens is 1. The van der Waals surface area contributed by atoms with Crippen LogP contribution >= 0.6 is 0 Å². The summed E-state index contributed by atoms with van der Waals surface area (Å²) >= 11 is 0. The van der Waals surface area contributed by atoms with Crippen LogP contribution in [-0.4, -0.2) is 33.1 Å². The number of aromatic nitrogens is 3.